The standard InChI is InChI=1S/C13H24O4/c1-4-7-13(16,11(14)15)10-6-8-17-12(3,5-2)9-10/h10,16H,4-9H2,1-3H3,(H,14,15). The Morgan fingerprint density at radius 1 is 1.53 bits per heavy atom. The Bertz CT molecular complexity index is 279. The van der Waals surface area contributed by atoms with Gasteiger partial charge in [0.15, 0.2) is 5.60 Å². The normalized spacial score (nSPS) is 33.1. The molecule has 4 nitrogen and oxygen atoms in total. The summed E-state index contributed by atoms with van der Waals surface area (Å²) < 4.78 is 5.69. The third-order valence-corrected chi connectivity index (χ3v) is 4.02. The van der Waals surface area contributed by atoms with Gasteiger partial charge in [-0.1, -0.05) is 20.3 Å². The molecule has 0 radical (unpaired) electrons. The van der Waals surface area contributed by atoms with Gasteiger partial charge in [0, 0.05) is 12.5 Å². The first-order chi connectivity index (χ1) is 7.88. The first kappa shape index (κ1) is 14.5. The molecule has 0 amide bonds. The number of carbonyl (C=O) groups is 1. The van der Waals surface area contributed by atoms with Gasteiger partial charge in [-0.25, -0.2) is 4.79 Å². The van der Waals surface area contributed by atoms with Gasteiger partial charge < -0.3 is 14.9 Å². The Kier molecular flexibility index (Phi) is 4.55. The zero-order valence-corrected chi connectivity index (χ0v) is 11.0. The van der Waals surface area contributed by atoms with E-state index in [-0.39, 0.29) is 11.5 Å². The van der Waals surface area contributed by atoms with Crippen LogP contribution in [0.4, 0.5) is 0 Å². The summed E-state index contributed by atoms with van der Waals surface area (Å²) in [6.07, 6.45) is 3.06. The van der Waals surface area contributed by atoms with Crippen LogP contribution in [0.3, 0.4) is 0 Å². The second kappa shape index (κ2) is 5.36. The van der Waals surface area contributed by atoms with Crippen LogP contribution in [0, 0.1) is 5.92 Å². The van der Waals surface area contributed by atoms with Crippen molar-refractivity contribution in [2.45, 2.75) is 64.1 Å². The van der Waals surface area contributed by atoms with Gasteiger partial charge in [0.05, 0.1) is 5.60 Å². The van der Waals surface area contributed by atoms with Gasteiger partial charge in [-0.2, -0.15) is 0 Å². The van der Waals surface area contributed by atoms with Crippen molar-refractivity contribution in [3.63, 3.8) is 0 Å². The van der Waals surface area contributed by atoms with E-state index in [9.17, 15) is 15.0 Å². The van der Waals surface area contributed by atoms with Crippen molar-refractivity contribution in [2.75, 3.05) is 6.61 Å². The Hall–Kier alpha value is -0.610. The van der Waals surface area contributed by atoms with Gasteiger partial charge in [0.1, 0.15) is 0 Å². The van der Waals surface area contributed by atoms with Crippen molar-refractivity contribution >= 4 is 5.97 Å². The number of hydrogen-bond acceptors (Lipinski definition) is 3. The molecule has 0 aromatic heterocycles. The summed E-state index contributed by atoms with van der Waals surface area (Å²) in [5, 5.41) is 19.7. The maximum atomic E-state index is 11.3. The van der Waals surface area contributed by atoms with Crippen LogP contribution in [0.5, 0.6) is 0 Å². The van der Waals surface area contributed by atoms with E-state index in [0.717, 1.165) is 6.42 Å². The molecule has 0 bridgehead atoms. The van der Waals surface area contributed by atoms with Gasteiger partial charge in [0.25, 0.3) is 0 Å². The summed E-state index contributed by atoms with van der Waals surface area (Å²) in [5.74, 6) is -1.30. The van der Waals surface area contributed by atoms with E-state index in [1.807, 2.05) is 20.8 Å². The number of aliphatic carboxylic acids is 1. The van der Waals surface area contributed by atoms with E-state index in [0.29, 0.717) is 32.3 Å². The molecule has 17 heavy (non-hydrogen) atoms. The second-order valence-electron chi connectivity index (χ2n) is 5.32. The van der Waals surface area contributed by atoms with E-state index < -0.39 is 11.6 Å². The molecule has 1 fully saturated rings. The number of rotatable bonds is 5. The topological polar surface area (TPSA) is 66.8 Å². The van der Waals surface area contributed by atoms with Crippen LogP contribution in [0.1, 0.15) is 52.9 Å². The average molecular weight is 244 g/mol. The third kappa shape index (κ3) is 2.99. The molecule has 100 valence electrons. The van der Waals surface area contributed by atoms with E-state index >= 15 is 0 Å². The van der Waals surface area contributed by atoms with E-state index in [1.54, 1.807) is 0 Å². The predicted molar refractivity (Wildman–Crippen MR) is 64.9 cm³/mol. The van der Waals surface area contributed by atoms with Gasteiger partial charge in [-0.15, -0.1) is 0 Å². The van der Waals surface area contributed by atoms with Gasteiger partial charge >= 0.3 is 5.97 Å². The summed E-state index contributed by atoms with van der Waals surface area (Å²) in [6.45, 7) is 6.45. The molecule has 2 N–H and O–H groups in total. The lowest BCUT2D eigenvalue weighted by molar-refractivity contribution is -0.180. The van der Waals surface area contributed by atoms with Crippen LogP contribution in [0.15, 0.2) is 0 Å². The summed E-state index contributed by atoms with van der Waals surface area (Å²) in [4.78, 5) is 11.3. The minimum Gasteiger partial charge on any atom is -0.479 e. The van der Waals surface area contributed by atoms with Gasteiger partial charge in [-0.05, 0) is 32.6 Å². The molecule has 3 unspecified atom stereocenters. The molecule has 4 heteroatoms. The Morgan fingerprint density at radius 2 is 2.18 bits per heavy atom. The summed E-state index contributed by atoms with van der Waals surface area (Å²) in [6, 6.07) is 0. The second-order valence-corrected chi connectivity index (χ2v) is 5.32. The van der Waals surface area contributed by atoms with Crippen molar-refractivity contribution < 1.29 is 19.7 Å². The minimum absolute atomic E-state index is 0.210. The maximum absolute atomic E-state index is 11.3. The van der Waals surface area contributed by atoms with Crippen LogP contribution in [-0.2, 0) is 9.53 Å². The Labute approximate surface area is 103 Å². The maximum Gasteiger partial charge on any atom is 0.335 e. The van der Waals surface area contributed by atoms with Crippen molar-refractivity contribution in [3.05, 3.63) is 0 Å². The highest BCUT2D eigenvalue weighted by atomic mass is 16.5. The molecule has 1 rings (SSSR count). The first-order valence-corrected chi connectivity index (χ1v) is 6.47. The summed E-state index contributed by atoms with van der Waals surface area (Å²) in [7, 11) is 0. The highest BCUT2D eigenvalue weighted by molar-refractivity contribution is 5.77. The number of carboxylic acids is 1. The molecule has 3 atom stereocenters. The van der Waals surface area contributed by atoms with Crippen LogP contribution < -0.4 is 0 Å². The smallest absolute Gasteiger partial charge is 0.335 e. The molecular formula is C13H24O4. The number of aliphatic hydroxyl groups is 1. The molecule has 0 aromatic carbocycles. The quantitative estimate of drug-likeness (QED) is 0.778. The minimum atomic E-state index is -1.59. The Balaban J connectivity index is 2.85. The fourth-order valence-electron chi connectivity index (χ4n) is 2.65. The number of ether oxygens (including phenoxy) is 1. The van der Waals surface area contributed by atoms with E-state index in [4.69, 9.17) is 4.74 Å². The lowest BCUT2D eigenvalue weighted by Crippen LogP contribution is -2.51. The highest BCUT2D eigenvalue weighted by Gasteiger charge is 2.47. The van der Waals surface area contributed by atoms with Crippen LogP contribution >= 0.6 is 0 Å². The fourth-order valence-corrected chi connectivity index (χ4v) is 2.65. The average Bonchev–Trinajstić information content (AvgIpc) is 2.29. The molecule has 0 spiro atoms. The molecular weight excluding hydrogens is 220 g/mol. The van der Waals surface area contributed by atoms with E-state index in [1.165, 1.54) is 0 Å². The molecule has 0 saturated carbocycles. The lowest BCUT2D eigenvalue weighted by atomic mass is 9.73. The third-order valence-electron chi connectivity index (χ3n) is 4.02. The van der Waals surface area contributed by atoms with Gasteiger partial charge in [0.2, 0.25) is 0 Å². The lowest BCUT2D eigenvalue weighted by Gasteiger charge is -2.43. The summed E-state index contributed by atoms with van der Waals surface area (Å²) in [5.41, 5.74) is -1.88. The van der Waals surface area contributed by atoms with Crippen molar-refractivity contribution in [2.24, 2.45) is 5.92 Å². The number of carboxylic acid groups (broad SMARTS) is 1. The summed E-state index contributed by atoms with van der Waals surface area (Å²) >= 11 is 0. The molecule has 0 aliphatic carbocycles. The zero-order chi connectivity index (χ0) is 13.1. The van der Waals surface area contributed by atoms with Crippen LogP contribution in [-0.4, -0.2) is 34.0 Å². The molecule has 1 aliphatic rings. The predicted octanol–water partition coefficient (Wildman–Crippen LogP) is 2.20. The van der Waals surface area contributed by atoms with Crippen molar-refractivity contribution in [3.8, 4) is 0 Å². The fraction of sp³-hybridized carbons (Fsp3) is 0.923. The molecule has 1 heterocycles. The highest BCUT2D eigenvalue weighted by Crippen LogP contribution is 2.39. The Morgan fingerprint density at radius 3 is 2.65 bits per heavy atom. The molecule has 1 aliphatic heterocycles. The van der Waals surface area contributed by atoms with E-state index in [2.05, 4.69) is 0 Å². The molecule has 1 saturated heterocycles. The molecule has 0 aromatic rings. The zero-order valence-electron chi connectivity index (χ0n) is 11.0. The largest absolute Gasteiger partial charge is 0.479 e. The SMILES string of the molecule is CCCC(O)(C(=O)O)C1CCOC(C)(CC)C1. The van der Waals surface area contributed by atoms with Gasteiger partial charge in [-0.3, -0.25) is 0 Å². The van der Waals surface area contributed by atoms with Crippen molar-refractivity contribution in [1.82, 2.24) is 0 Å². The monoisotopic (exact) mass is 244 g/mol. The van der Waals surface area contributed by atoms with Crippen LogP contribution in [0.2, 0.25) is 0 Å². The number of hydrogen-bond donors (Lipinski definition) is 2. The van der Waals surface area contributed by atoms with Crippen LogP contribution in [0.25, 0.3) is 0 Å². The van der Waals surface area contributed by atoms with Crippen molar-refractivity contribution in [1.29, 1.82) is 0 Å². The first-order valence-electron chi connectivity index (χ1n) is 6.47.